The van der Waals surface area contributed by atoms with Crippen molar-refractivity contribution in [3.05, 3.63) is 28.2 Å². The number of hydrogen-bond acceptors (Lipinski definition) is 3. The monoisotopic (exact) mass is 298 g/mol. The summed E-state index contributed by atoms with van der Waals surface area (Å²) in [6, 6.07) is 5.18. The lowest BCUT2D eigenvalue weighted by molar-refractivity contribution is 0.0890. The van der Waals surface area contributed by atoms with Crippen LogP contribution in [0.3, 0.4) is 0 Å². The van der Waals surface area contributed by atoms with Gasteiger partial charge in [0.2, 0.25) is 0 Å². The maximum absolute atomic E-state index is 12.1. The van der Waals surface area contributed by atoms with Crippen molar-refractivity contribution < 1.29 is 9.53 Å². The molecule has 1 aromatic rings. The minimum Gasteiger partial charge on any atom is -0.399 e. The van der Waals surface area contributed by atoms with Crippen molar-refractivity contribution in [3.63, 3.8) is 0 Å². The highest BCUT2D eigenvalue weighted by Crippen LogP contribution is 2.21. The normalized spacial score (nSPS) is 23.6. The number of amides is 1. The maximum atomic E-state index is 12.1. The number of nitrogens with one attached hydrogen (secondary N) is 1. The van der Waals surface area contributed by atoms with Crippen LogP contribution < -0.4 is 11.1 Å². The molecule has 17 heavy (non-hydrogen) atoms. The van der Waals surface area contributed by atoms with Crippen molar-refractivity contribution in [2.75, 3.05) is 18.9 Å². The summed E-state index contributed by atoms with van der Waals surface area (Å²) >= 11 is 3.32. The Morgan fingerprint density at radius 3 is 2.88 bits per heavy atom. The van der Waals surface area contributed by atoms with Crippen LogP contribution in [0.4, 0.5) is 5.69 Å². The third-order valence-corrected chi connectivity index (χ3v) is 3.27. The van der Waals surface area contributed by atoms with E-state index in [-0.39, 0.29) is 11.4 Å². The molecule has 0 spiro atoms. The lowest BCUT2D eigenvalue weighted by atomic mass is 10.0. The van der Waals surface area contributed by atoms with Gasteiger partial charge in [0, 0.05) is 22.3 Å². The molecule has 5 heteroatoms. The Balaban J connectivity index is 2.14. The molecule has 0 aromatic heterocycles. The highest BCUT2D eigenvalue weighted by molar-refractivity contribution is 9.10. The van der Waals surface area contributed by atoms with Crippen LogP contribution in [0.25, 0.3) is 0 Å². The van der Waals surface area contributed by atoms with Crippen molar-refractivity contribution in [1.29, 1.82) is 0 Å². The van der Waals surface area contributed by atoms with Gasteiger partial charge in [-0.1, -0.05) is 15.9 Å². The van der Waals surface area contributed by atoms with Gasteiger partial charge in [0.15, 0.2) is 0 Å². The fraction of sp³-hybridized carbons (Fsp3) is 0.417. The number of anilines is 1. The fourth-order valence-electron chi connectivity index (χ4n) is 1.86. The van der Waals surface area contributed by atoms with E-state index in [1.54, 1.807) is 18.2 Å². The first kappa shape index (κ1) is 12.4. The number of ether oxygens (including phenoxy) is 1. The summed E-state index contributed by atoms with van der Waals surface area (Å²) in [6.07, 6.45) is 0.836. The summed E-state index contributed by atoms with van der Waals surface area (Å²) in [5.74, 6) is -0.119. The molecule has 1 unspecified atom stereocenters. The van der Waals surface area contributed by atoms with Gasteiger partial charge in [-0.3, -0.25) is 4.79 Å². The first-order valence-corrected chi connectivity index (χ1v) is 6.24. The number of nitrogens with two attached hydrogens (primary N) is 1. The molecule has 1 heterocycles. The average molecular weight is 299 g/mol. The van der Waals surface area contributed by atoms with E-state index in [2.05, 4.69) is 21.2 Å². The molecular formula is C12H15BrN2O2. The second kappa shape index (κ2) is 4.66. The average Bonchev–Trinajstić information content (AvgIpc) is 2.63. The fourth-order valence-corrected chi connectivity index (χ4v) is 2.37. The molecule has 1 aliphatic rings. The summed E-state index contributed by atoms with van der Waals surface area (Å²) in [7, 11) is 0. The van der Waals surface area contributed by atoms with E-state index in [0.717, 1.165) is 10.9 Å². The van der Waals surface area contributed by atoms with Gasteiger partial charge in [-0.15, -0.1) is 0 Å². The number of nitrogen functional groups attached to an aromatic ring is 1. The summed E-state index contributed by atoms with van der Waals surface area (Å²) in [6.45, 7) is 3.23. The van der Waals surface area contributed by atoms with E-state index in [1.165, 1.54) is 0 Å². The molecule has 1 saturated heterocycles. The molecule has 0 bridgehead atoms. The van der Waals surface area contributed by atoms with Crippen molar-refractivity contribution >= 4 is 27.5 Å². The van der Waals surface area contributed by atoms with Crippen LogP contribution in [-0.2, 0) is 4.74 Å². The zero-order valence-electron chi connectivity index (χ0n) is 9.63. The Morgan fingerprint density at radius 2 is 2.29 bits per heavy atom. The molecular weight excluding hydrogens is 284 g/mol. The Bertz CT molecular complexity index is 422. The Morgan fingerprint density at radius 1 is 1.53 bits per heavy atom. The zero-order chi connectivity index (χ0) is 12.5. The lowest BCUT2D eigenvalue weighted by Crippen LogP contribution is -2.46. The van der Waals surface area contributed by atoms with E-state index in [9.17, 15) is 4.79 Å². The Labute approximate surface area is 109 Å². The van der Waals surface area contributed by atoms with Gasteiger partial charge in [0.1, 0.15) is 0 Å². The zero-order valence-corrected chi connectivity index (χ0v) is 11.2. The van der Waals surface area contributed by atoms with Crippen molar-refractivity contribution in [3.8, 4) is 0 Å². The van der Waals surface area contributed by atoms with Crippen LogP contribution in [0.1, 0.15) is 23.7 Å². The molecule has 1 amide bonds. The van der Waals surface area contributed by atoms with Gasteiger partial charge >= 0.3 is 0 Å². The molecule has 1 aromatic carbocycles. The van der Waals surface area contributed by atoms with Gasteiger partial charge in [-0.05, 0) is 31.5 Å². The van der Waals surface area contributed by atoms with Crippen LogP contribution in [0.15, 0.2) is 22.7 Å². The predicted octanol–water partition coefficient (Wildman–Crippen LogP) is 1.94. The molecule has 0 radical (unpaired) electrons. The second-order valence-electron chi connectivity index (χ2n) is 4.59. The Hall–Kier alpha value is -1.07. The standard InChI is InChI=1S/C12H15BrN2O2/c1-12(2-3-17-7-12)15-11(16)8-4-9(13)6-10(14)5-8/h4-6H,2-3,7,14H2,1H3,(H,15,16). The van der Waals surface area contributed by atoms with Gasteiger partial charge in [-0.25, -0.2) is 0 Å². The number of carbonyl (C=O) groups is 1. The SMILES string of the molecule is CC1(NC(=O)c2cc(N)cc(Br)c2)CCOC1. The molecule has 92 valence electrons. The first-order valence-electron chi connectivity index (χ1n) is 5.45. The van der Waals surface area contributed by atoms with E-state index in [1.807, 2.05) is 6.92 Å². The van der Waals surface area contributed by atoms with Crippen LogP contribution in [0, 0.1) is 0 Å². The number of carbonyl (C=O) groups excluding carboxylic acids is 1. The smallest absolute Gasteiger partial charge is 0.251 e. The minimum atomic E-state index is -0.270. The topological polar surface area (TPSA) is 64.4 Å². The Kier molecular flexibility index (Phi) is 3.40. The van der Waals surface area contributed by atoms with E-state index < -0.39 is 0 Å². The van der Waals surface area contributed by atoms with Gasteiger partial charge in [0.25, 0.3) is 5.91 Å². The third kappa shape index (κ3) is 2.98. The number of hydrogen-bond donors (Lipinski definition) is 2. The summed E-state index contributed by atoms with van der Waals surface area (Å²) in [5.41, 5.74) is 6.56. The van der Waals surface area contributed by atoms with Crippen LogP contribution >= 0.6 is 15.9 Å². The third-order valence-electron chi connectivity index (χ3n) is 2.82. The molecule has 0 saturated carbocycles. The summed E-state index contributed by atoms with van der Waals surface area (Å²) < 4.78 is 6.10. The molecule has 2 rings (SSSR count). The van der Waals surface area contributed by atoms with Gasteiger partial charge in [-0.2, -0.15) is 0 Å². The van der Waals surface area contributed by atoms with Crippen molar-refractivity contribution in [2.45, 2.75) is 18.9 Å². The van der Waals surface area contributed by atoms with Crippen LogP contribution in [0.5, 0.6) is 0 Å². The predicted molar refractivity (Wildman–Crippen MR) is 69.9 cm³/mol. The number of rotatable bonds is 2. The number of benzene rings is 1. The van der Waals surface area contributed by atoms with E-state index in [4.69, 9.17) is 10.5 Å². The summed E-state index contributed by atoms with van der Waals surface area (Å²) in [4.78, 5) is 12.1. The maximum Gasteiger partial charge on any atom is 0.251 e. The quantitative estimate of drug-likeness (QED) is 0.820. The van der Waals surface area contributed by atoms with Crippen LogP contribution in [0.2, 0.25) is 0 Å². The van der Waals surface area contributed by atoms with E-state index in [0.29, 0.717) is 24.5 Å². The summed E-state index contributed by atoms with van der Waals surface area (Å²) in [5, 5.41) is 2.99. The highest BCUT2D eigenvalue weighted by Gasteiger charge is 2.31. The molecule has 1 aliphatic heterocycles. The van der Waals surface area contributed by atoms with Crippen molar-refractivity contribution in [1.82, 2.24) is 5.32 Å². The largest absolute Gasteiger partial charge is 0.399 e. The van der Waals surface area contributed by atoms with Gasteiger partial charge in [0.05, 0.1) is 12.1 Å². The van der Waals surface area contributed by atoms with Gasteiger partial charge < -0.3 is 15.8 Å². The molecule has 0 aliphatic carbocycles. The highest BCUT2D eigenvalue weighted by atomic mass is 79.9. The molecule has 1 atom stereocenters. The second-order valence-corrected chi connectivity index (χ2v) is 5.51. The van der Waals surface area contributed by atoms with Crippen molar-refractivity contribution in [2.24, 2.45) is 0 Å². The molecule has 3 N–H and O–H groups in total. The lowest BCUT2D eigenvalue weighted by Gasteiger charge is -2.23. The van der Waals surface area contributed by atoms with Crippen LogP contribution in [-0.4, -0.2) is 24.7 Å². The number of halogens is 1. The van der Waals surface area contributed by atoms with E-state index >= 15 is 0 Å². The molecule has 4 nitrogen and oxygen atoms in total. The first-order chi connectivity index (χ1) is 7.98. The minimum absolute atomic E-state index is 0.119. The molecule has 1 fully saturated rings.